The number of hydrogen-bond acceptors (Lipinski definition) is 6. The highest BCUT2D eigenvalue weighted by atomic mass is 35.5. The van der Waals surface area contributed by atoms with E-state index in [1.807, 2.05) is 12.1 Å². The van der Waals surface area contributed by atoms with Gasteiger partial charge in [-0.3, -0.25) is 9.52 Å². The fraction of sp³-hybridized carbons (Fsp3) is 0.200. The second-order valence-corrected chi connectivity index (χ2v) is 9.96. The molecule has 0 atom stereocenters. The Labute approximate surface area is 184 Å². The average molecular weight is 463 g/mol. The van der Waals surface area contributed by atoms with Crippen molar-refractivity contribution < 1.29 is 13.2 Å². The molecule has 0 radical (unpaired) electrons. The number of piperazine rings is 1. The molecule has 1 saturated heterocycles. The van der Waals surface area contributed by atoms with E-state index in [0.29, 0.717) is 42.6 Å². The maximum absolute atomic E-state index is 12.9. The fourth-order valence-electron chi connectivity index (χ4n) is 3.23. The van der Waals surface area contributed by atoms with E-state index in [2.05, 4.69) is 14.6 Å². The summed E-state index contributed by atoms with van der Waals surface area (Å²) >= 11 is 7.10. The molecule has 1 fully saturated rings. The first kappa shape index (κ1) is 20.6. The first-order valence-corrected chi connectivity index (χ1v) is 12.0. The van der Waals surface area contributed by atoms with Crippen LogP contribution in [0.1, 0.15) is 10.4 Å². The van der Waals surface area contributed by atoms with Gasteiger partial charge in [-0.2, -0.15) is 0 Å². The van der Waals surface area contributed by atoms with E-state index in [1.165, 1.54) is 6.07 Å². The van der Waals surface area contributed by atoms with Crippen molar-refractivity contribution in [1.29, 1.82) is 0 Å². The minimum absolute atomic E-state index is 0.133. The van der Waals surface area contributed by atoms with Crippen LogP contribution in [0, 0.1) is 0 Å². The first-order chi connectivity index (χ1) is 14.4. The van der Waals surface area contributed by atoms with Crippen molar-refractivity contribution in [3.8, 4) is 0 Å². The number of carbonyl (C=O) groups is 1. The van der Waals surface area contributed by atoms with Gasteiger partial charge in [0.1, 0.15) is 15.2 Å². The van der Waals surface area contributed by atoms with Crippen LogP contribution in [0.3, 0.4) is 0 Å². The molecule has 0 spiro atoms. The summed E-state index contributed by atoms with van der Waals surface area (Å²) in [5.41, 5.74) is 0.798. The van der Waals surface area contributed by atoms with Crippen molar-refractivity contribution >= 4 is 50.4 Å². The lowest BCUT2D eigenvalue weighted by atomic mass is 10.1. The molecule has 0 bridgehead atoms. The quantitative estimate of drug-likeness (QED) is 0.586. The van der Waals surface area contributed by atoms with Gasteiger partial charge in [0, 0.05) is 37.4 Å². The third-order valence-corrected chi connectivity index (χ3v) is 7.70. The number of nitrogens with one attached hydrogen (secondary N) is 1. The lowest BCUT2D eigenvalue weighted by Crippen LogP contribution is -2.49. The third-order valence-electron chi connectivity index (χ3n) is 4.71. The van der Waals surface area contributed by atoms with E-state index < -0.39 is 10.0 Å². The van der Waals surface area contributed by atoms with Gasteiger partial charge in [-0.25, -0.2) is 13.4 Å². The molecule has 30 heavy (non-hydrogen) atoms. The molecule has 1 aromatic carbocycles. The van der Waals surface area contributed by atoms with E-state index in [0.717, 1.165) is 17.2 Å². The highest BCUT2D eigenvalue weighted by Crippen LogP contribution is 2.22. The molecule has 0 aliphatic carbocycles. The molecule has 1 aliphatic heterocycles. The van der Waals surface area contributed by atoms with E-state index in [4.69, 9.17) is 11.6 Å². The first-order valence-electron chi connectivity index (χ1n) is 9.25. The van der Waals surface area contributed by atoms with Crippen LogP contribution in [0.2, 0.25) is 5.15 Å². The summed E-state index contributed by atoms with van der Waals surface area (Å²) in [7, 11) is -3.66. The molecule has 0 unspecified atom stereocenters. The second-order valence-electron chi connectivity index (χ2n) is 6.72. The van der Waals surface area contributed by atoms with Gasteiger partial charge in [0.2, 0.25) is 0 Å². The molecule has 3 aromatic rings. The van der Waals surface area contributed by atoms with Crippen molar-refractivity contribution in [2.45, 2.75) is 4.21 Å². The van der Waals surface area contributed by atoms with Gasteiger partial charge < -0.3 is 9.80 Å². The molecule has 1 aliphatic rings. The summed E-state index contributed by atoms with van der Waals surface area (Å²) in [6.45, 7) is 2.36. The van der Waals surface area contributed by atoms with Crippen LogP contribution >= 0.6 is 22.9 Å². The van der Waals surface area contributed by atoms with Gasteiger partial charge in [0.25, 0.3) is 15.9 Å². The van der Waals surface area contributed by atoms with Gasteiger partial charge in [-0.15, -0.1) is 11.3 Å². The summed E-state index contributed by atoms with van der Waals surface area (Å²) in [5, 5.41) is 2.14. The lowest BCUT2D eigenvalue weighted by molar-refractivity contribution is 0.0746. The number of halogens is 1. The van der Waals surface area contributed by atoms with Crippen LogP contribution in [0.4, 0.5) is 11.5 Å². The molecular formula is C20H19ClN4O3S2. The maximum atomic E-state index is 12.9. The van der Waals surface area contributed by atoms with Crippen LogP contribution in [0.15, 0.2) is 64.2 Å². The number of hydrogen-bond donors (Lipinski definition) is 1. The molecule has 156 valence electrons. The SMILES string of the molecule is O=C(c1cccc(NS(=O)(=O)c2cccs2)c1)N1CCN(c2cccc(Cl)n2)CC1. The normalized spacial score (nSPS) is 14.6. The van der Waals surface area contributed by atoms with Gasteiger partial charge in [0.15, 0.2) is 0 Å². The Morgan fingerprint density at radius 1 is 1.03 bits per heavy atom. The van der Waals surface area contributed by atoms with E-state index >= 15 is 0 Å². The minimum atomic E-state index is -3.66. The molecule has 10 heteroatoms. The van der Waals surface area contributed by atoms with Crippen molar-refractivity contribution in [2.24, 2.45) is 0 Å². The minimum Gasteiger partial charge on any atom is -0.353 e. The predicted octanol–water partition coefficient (Wildman–Crippen LogP) is 3.56. The van der Waals surface area contributed by atoms with Crippen LogP contribution in [-0.4, -0.2) is 50.4 Å². The Hall–Kier alpha value is -2.62. The van der Waals surface area contributed by atoms with Gasteiger partial charge in [-0.1, -0.05) is 29.8 Å². The highest BCUT2D eigenvalue weighted by molar-refractivity contribution is 7.94. The monoisotopic (exact) mass is 462 g/mol. The summed E-state index contributed by atoms with van der Waals surface area (Å²) < 4.78 is 27.6. The number of nitrogens with zero attached hydrogens (tertiary/aromatic N) is 3. The zero-order valence-electron chi connectivity index (χ0n) is 15.9. The predicted molar refractivity (Wildman–Crippen MR) is 119 cm³/mol. The number of aromatic nitrogens is 1. The number of thiophene rings is 1. The van der Waals surface area contributed by atoms with Crippen LogP contribution in [-0.2, 0) is 10.0 Å². The summed E-state index contributed by atoms with van der Waals surface area (Å²) in [4.78, 5) is 21.1. The van der Waals surface area contributed by atoms with Crippen molar-refractivity contribution in [1.82, 2.24) is 9.88 Å². The lowest BCUT2D eigenvalue weighted by Gasteiger charge is -2.35. The van der Waals surface area contributed by atoms with Gasteiger partial charge in [0.05, 0.1) is 0 Å². The van der Waals surface area contributed by atoms with Crippen molar-refractivity contribution in [3.63, 3.8) is 0 Å². The van der Waals surface area contributed by atoms with E-state index in [1.54, 1.807) is 46.7 Å². The molecule has 1 amide bonds. The largest absolute Gasteiger partial charge is 0.353 e. The third kappa shape index (κ3) is 4.58. The Morgan fingerprint density at radius 2 is 1.80 bits per heavy atom. The van der Waals surface area contributed by atoms with Crippen LogP contribution < -0.4 is 9.62 Å². The zero-order valence-corrected chi connectivity index (χ0v) is 18.3. The van der Waals surface area contributed by atoms with Crippen LogP contribution in [0.5, 0.6) is 0 Å². The topological polar surface area (TPSA) is 82.6 Å². The molecule has 7 nitrogen and oxygen atoms in total. The molecule has 0 saturated carbocycles. The average Bonchev–Trinajstić information content (AvgIpc) is 3.29. The Balaban J connectivity index is 1.43. The molecule has 4 rings (SSSR count). The second kappa shape index (κ2) is 8.63. The maximum Gasteiger partial charge on any atom is 0.271 e. The zero-order chi connectivity index (χ0) is 21.1. The van der Waals surface area contributed by atoms with Crippen molar-refractivity contribution in [3.05, 3.63) is 70.7 Å². The van der Waals surface area contributed by atoms with Gasteiger partial charge in [-0.05, 0) is 41.8 Å². The molecule has 2 aromatic heterocycles. The Bertz CT molecular complexity index is 1140. The van der Waals surface area contributed by atoms with Crippen molar-refractivity contribution in [2.75, 3.05) is 35.8 Å². The molecular weight excluding hydrogens is 444 g/mol. The standard InChI is InChI=1S/C20H19ClN4O3S2/c21-17-6-2-7-18(22-17)24-9-11-25(12-10-24)20(26)15-4-1-5-16(14-15)23-30(27,28)19-8-3-13-29-19/h1-8,13-14,23H,9-12H2. The number of rotatable bonds is 5. The number of amides is 1. The smallest absolute Gasteiger partial charge is 0.271 e. The number of pyridine rings is 1. The summed E-state index contributed by atoms with van der Waals surface area (Å²) in [6, 6.07) is 15.3. The van der Waals surface area contributed by atoms with Crippen LogP contribution in [0.25, 0.3) is 0 Å². The Morgan fingerprint density at radius 3 is 2.50 bits per heavy atom. The summed E-state index contributed by atoms with van der Waals surface area (Å²) in [6.07, 6.45) is 0. The van der Waals surface area contributed by atoms with E-state index in [9.17, 15) is 13.2 Å². The van der Waals surface area contributed by atoms with Gasteiger partial charge >= 0.3 is 0 Å². The number of carbonyl (C=O) groups excluding carboxylic acids is 1. The highest BCUT2D eigenvalue weighted by Gasteiger charge is 2.23. The number of anilines is 2. The van der Waals surface area contributed by atoms with E-state index in [-0.39, 0.29) is 10.1 Å². The number of benzene rings is 1. The Kier molecular flexibility index (Phi) is 5.94. The summed E-state index contributed by atoms with van der Waals surface area (Å²) in [5.74, 6) is 0.658. The fourth-order valence-corrected chi connectivity index (χ4v) is 5.43. The molecule has 1 N–H and O–H groups in total. The molecule has 3 heterocycles. The number of sulfonamides is 1.